The van der Waals surface area contributed by atoms with Crippen molar-refractivity contribution in [1.29, 1.82) is 0 Å². The summed E-state index contributed by atoms with van der Waals surface area (Å²) >= 11 is 0. The van der Waals surface area contributed by atoms with E-state index < -0.39 is 5.41 Å². The van der Waals surface area contributed by atoms with Crippen molar-refractivity contribution in [2.45, 2.75) is 59.3 Å². The number of allylic oxidation sites excluding steroid dienone is 1. The van der Waals surface area contributed by atoms with Gasteiger partial charge in [-0.1, -0.05) is 45.8 Å². The molecule has 0 aliphatic heterocycles. The molecule has 0 spiro atoms. The second-order valence-electron chi connectivity index (χ2n) is 6.39. The van der Waals surface area contributed by atoms with E-state index in [0.29, 0.717) is 0 Å². The highest BCUT2D eigenvalue weighted by molar-refractivity contribution is 5.79. The maximum atomic E-state index is 12.2. The fourth-order valence-electron chi connectivity index (χ4n) is 2.81. The molecule has 1 atom stereocenters. The van der Waals surface area contributed by atoms with Crippen LogP contribution in [0.1, 0.15) is 59.3 Å². The minimum atomic E-state index is -0.395. The molecule has 0 heterocycles. The SMILES string of the molecule is COC(=O)C1(CC(C)(C)C)/C=C/CCCCC1. The van der Waals surface area contributed by atoms with E-state index in [2.05, 4.69) is 32.9 Å². The van der Waals surface area contributed by atoms with Crippen molar-refractivity contribution in [2.24, 2.45) is 10.8 Å². The summed E-state index contributed by atoms with van der Waals surface area (Å²) in [5, 5.41) is 0. The molecule has 2 heteroatoms. The van der Waals surface area contributed by atoms with Gasteiger partial charge in [0, 0.05) is 0 Å². The molecule has 17 heavy (non-hydrogen) atoms. The third-order valence-corrected chi connectivity index (χ3v) is 3.37. The van der Waals surface area contributed by atoms with Crippen LogP contribution in [0.25, 0.3) is 0 Å². The van der Waals surface area contributed by atoms with Crippen LogP contribution in [0.4, 0.5) is 0 Å². The van der Waals surface area contributed by atoms with E-state index in [1.165, 1.54) is 20.0 Å². The van der Waals surface area contributed by atoms with Crippen molar-refractivity contribution in [2.75, 3.05) is 7.11 Å². The number of methoxy groups -OCH3 is 1. The second-order valence-corrected chi connectivity index (χ2v) is 6.39. The molecular weight excluding hydrogens is 212 g/mol. The maximum absolute atomic E-state index is 12.2. The molecular formula is C15H26O2. The topological polar surface area (TPSA) is 26.3 Å². The van der Waals surface area contributed by atoms with Gasteiger partial charge in [0.25, 0.3) is 0 Å². The van der Waals surface area contributed by atoms with E-state index in [-0.39, 0.29) is 11.4 Å². The fraction of sp³-hybridized carbons (Fsp3) is 0.800. The summed E-state index contributed by atoms with van der Waals surface area (Å²) in [6.45, 7) is 6.55. The third-order valence-electron chi connectivity index (χ3n) is 3.37. The van der Waals surface area contributed by atoms with Crippen molar-refractivity contribution in [3.05, 3.63) is 12.2 Å². The lowest BCUT2D eigenvalue weighted by Gasteiger charge is -2.35. The summed E-state index contributed by atoms with van der Waals surface area (Å²) in [6, 6.07) is 0. The van der Waals surface area contributed by atoms with Crippen LogP contribution in [0.3, 0.4) is 0 Å². The summed E-state index contributed by atoms with van der Waals surface area (Å²) in [6.07, 6.45) is 10.7. The highest BCUT2D eigenvalue weighted by atomic mass is 16.5. The van der Waals surface area contributed by atoms with Gasteiger partial charge in [0.2, 0.25) is 0 Å². The van der Waals surface area contributed by atoms with Gasteiger partial charge in [-0.2, -0.15) is 0 Å². The van der Waals surface area contributed by atoms with Crippen LogP contribution in [0, 0.1) is 10.8 Å². The van der Waals surface area contributed by atoms with Crippen molar-refractivity contribution < 1.29 is 9.53 Å². The van der Waals surface area contributed by atoms with Gasteiger partial charge in [-0.05, 0) is 31.1 Å². The number of hydrogen-bond acceptors (Lipinski definition) is 2. The first kappa shape index (κ1) is 14.3. The van der Waals surface area contributed by atoms with Gasteiger partial charge in [0.1, 0.15) is 0 Å². The van der Waals surface area contributed by atoms with Crippen LogP contribution in [0.5, 0.6) is 0 Å². The van der Waals surface area contributed by atoms with Gasteiger partial charge >= 0.3 is 5.97 Å². The molecule has 1 aliphatic rings. The van der Waals surface area contributed by atoms with Crippen LogP contribution in [0.15, 0.2) is 12.2 Å². The van der Waals surface area contributed by atoms with E-state index in [0.717, 1.165) is 25.7 Å². The summed E-state index contributed by atoms with van der Waals surface area (Å²) < 4.78 is 5.05. The standard InChI is InChI=1S/C15H26O2/c1-14(2,3)12-15(13(16)17-4)10-8-6-5-7-9-11-15/h8,10H,5-7,9,11-12H2,1-4H3/b10-8+. The number of ether oxygens (including phenoxy) is 1. The molecule has 0 aromatic rings. The van der Waals surface area contributed by atoms with E-state index in [1.54, 1.807) is 0 Å². The maximum Gasteiger partial charge on any atom is 0.315 e. The van der Waals surface area contributed by atoms with Gasteiger partial charge in [0.05, 0.1) is 12.5 Å². The molecule has 98 valence electrons. The molecule has 0 bridgehead atoms. The van der Waals surface area contributed by atoms with E-state index in [9.17, 15) is 4.79 Å². The summed E-state index contributed by atoms with van der Waals surface area (Å²) in [4.78, 5) is 12.2. The predicted molar refractivity (Wildman–Crippen MR) is 70.7 cm³/mol. The lowest BCUT2D eigenvalue weighted by atomic mass is 9.70. The summed E-state index contributed by atoms with van der Waals surface area (Å²) in [7, 11) is 1.50. The first-order valence-electron chi connectivity index (χ1n) is 6.66. The molecule has 0 aromatic heterocycles. The molecule has 0 radical (unpaired) electrons. The minimum absolute atomic E-state index is 0.0643. The Morgan fingerprint density at radius 3 is 2.59 bits per heavy atom. The van der Waals surface area contributed by atoms with Crippen molar-refractivity contribution in [3.8, 4) is 0 Å². The summed E-state index contributed by atoms with van der Waals surface area (Å²) in [5.41, 5.74) is -0.259. The quantitative estimate of drug-likeness (QED) is 0.534. The Hall–Kier alpha value is -0.790. The lowest BCUT2D eigenvalue weighted by Crippen LogP contribution is -2.35. The monoisotopic (exact) mass is 238 g/mol. The Morgan fingerprint density at radius 1 is 1.29 bits per heavy atom. The fourth-order valence-corrected chi connectivity index (χ4v) is 2.81. The molecule has 1 unspecified atom stereocenters. The summed E-state index contributed by atoms with van der Waals surface area (Å²) in [5.74, 6) is -0.0643. The van der Waals surface area contributed by atoms with E-state index >= 15 is 0 Å². The Balaban J connectivity index is 2.97. The minimum Gasteiger partial charge on any atom is -0.468 e. The van der Waals surface area contributed by atoms with Gasteiger partial charge in [-0.15, -0.1) is 0 Å². The van der Waals surface area contributed by atoms with Crippen LogP contribution in [-0.2, 0) is 9.53 Å². The Kier molecular flexibility index (Phi) is 4.79. The number of hydrogen-bond donors (Lipinski definition) is 0. The molecule has 0 N–H and O–H groups in total. The zero-order valence-electron chi connectivity index (χ0n) is 11.7. The van der Waals surface area contributed by atoms with Crippen molar-refractivity contribution in [1.82, 2.24) is 0 Å². The molecule has 0 saturated heterocycles. The number of carbonyl (C=O) groups excluding carboxylic acids is 1. The molecule has 2 nitrogen and oxygen atoms in total. The number of carbonyl (C=O) groups is 1. The molecule has 0 saturated carbocycles. The average Bonchev–Trinajstić information content (AvgIpc) is 2.19. The zero-order chi connectivity index (χ0) is 12.9. The van der Waals surface area contributed by atoms with Gasteiger partial charge < -0.3 is 4.74 Å². The average molecular weight is 238 g/mol. The number of esters is 1. The highest BCUT2D eigenvalue weighted by Gasteiger charge is 2.40. The molecule has 0 amide bonds. The molecule has 1 rings (SSSR count). The van der Waals surface area contributed by atoms with Gasteiger partial charge in [-0.25, -0.2) is 0 Å². The first-order chi connectivity index (χ1) is 7.90. The van der Waals surface area contributed by atoms with Crippen molar-refractivity contribution >= 4 is 5.97 Å². The third kappa shape index (κ3) is 4.18. The van der Waals surface area contributed by atoms with Gasteiger partial charge in [-0.3, -0.25) is 4.79 Å². The molecule has 0 fully saturated rings. The Bertz CT molecular complexity index is 286. The number of rotatable bonds is 2. The van der Waals surface area contributed by atoms with Crippen molar-refractivity contribution in [3.63, 3.8) is 0 Å². The lowest BCUT2D eigenvalue weighted by molar-refractivity contribution is -0.152. The smallest absolute Gasteiger partial charge is 0.315 e. The molecule has 1 aliphatic carbocycles. The van der Waals surface area contributed by atoms with Crippen LogP contribution >= 0.6 is 0 Å². The van der Waals surface area contributed by atoms with Crippen LogP contribution < -0.4 is 0 Å². The van der Waals surface area contributed by atoms with Crippen LogP contribution in [0.2, 0.25) is 0 Å². The zero-order valence-corrected chi connectivity index (χ0v) is 11.7. The first-order valence-corrected chi connectivity index (χ1v) is 6.66. The highest BCUT2D eigenvalue weighted by Crippen LogP contribution is 2.41. The van der Waals surface area contributed by atoms with E-state index in [4.69, 9.17) is 4.74 Å². The normalized spacial score (nSPS) is 28.0. The van der Waals surface area contributed by atoms with E-state index in [1.807, 2.05) is 0 Å². The van der Waals surface area contributed by atoms with Crippen LogP contribution in [-0.4, -0.2) is 13.1 Å². The second kappa shape index (κ2) is 5.70. The van der Waals surface area contributed by atoms with Gasteiger partial charge in [0.15, 0.2) is 0 Å². The molecule has 0 aromatic carbocycles. The Morgan fingerprint density at radius 2 is 2.00 bits per heavy atom. The largest absolute Gasteiger partial charge is 0.468 e. The Labute approximate surface area is 105 Å². The predicted octanol–water partition coefficient (Wildman–Crippen LogP) is 4.10.